The maximum atomic E-state index is 12.5. The largest absolute Gasteiger partial charge is 0.495 e. The van der Waals surface area contributed by atoms with Crippen molar-refractivity contribution < 1.29 is 13.2 Å². The van der Waals surface area contributed by atoms with E-state index in [-0.39, 0.29) is 4.90 Å². The fraction of sp³-hybridized carbons (Fsp3) is 0.294. The number of hydrogen-bond acceptors (Lipinski definition) is 3. The Morgan fingerprint density at radius 1 is 1.09 bits per heavy atom. The van der Waals surface area contributed by atoms with E-state index in [1.54, 1.807) is 36.4 Å². The van der Waals surface area contributed by atoms with Crippen molar-refractivity contribution in [1.29, 1.82) is 0 Å². The highest BCUT2D eigenvalue weighted by Crippen LogP contribution is 2.27. The maximum Gasteiger partial charge on any atom is 0.262 e. The van der Waals surface area contributed by atoms with Gasteiger partial charge in [-0.05, 0) is 42.2 Å². The van der Waals surface area contributed by atoms with Crippen molar-refractivity contribution in [2.45, 2.75) is 31.1 Å². The Balaban J connectivity index is 2.27. The summed E-state index contributed by atoms with van der Waals surface area (Å²) in [5, 5.41) is 0. The second-order valence-electron chi connectivity index (χ2n) is 5.18. The molecule has 22 heavy (non-hydrogen) atoms. The molecule has 0 saturated heterocycles. The minimum Gasteiger partial charge on any atom is -0.495 e. The predicted molar refractivity (Wildman–Crippen MR) is 89.0 cm³/mol. The van der Waals surface area contributed by atoms with Crippen molar-refractivity contribution >= 4 is 15.7 Å². The number of hydrogen-bond donors (Lipinski definition) is 1. The van der Waals surface area contributed by atoms with Crippen LogP contribution < -0.4 is 9.46 Å². The zero-order chi connectivity index (χ0) is 16.2. The van der Waals surface area contributed by atoms with Gasteiger partial charge in [0.05, 0.1) is 17.7 Å². The summed E-state index contributed by atoms with van der Waals surface area (Å²) in [5.74, 6) is 0.904. The van der Waals surface area contributed by atoms with Crippen LogP contribution in [0.5, 0.6) is 5.75 Å². The first-order valence-corrected chi connectivity index (χ1v) is 8.72. The zero-order valence-electron chi connectivity index (χ0n) is 13.0. The number of anilines is 1. The molecule has 0 aliphatic heterocycles. The number of rotatable bonds is 6. The molecular formula is C17H21NO3S. The van der Waals surface area contributed by atoms with Gasteiger partial charge < -0.3 is 4.74 Å². The number of benzene rings is 2. The summed E-state index contributed by atoms with van der Waals surface area (Å²) in [6.07, 6.45) is 1.02. The van der Waals surface area contributed by atoms with Crippen molar-refractivity contribution in [2.24, 2.45) is 0 Å². The summed E-state index contributed by atoms with van der Waals surface area (Å²) in [7, 11) is -2.12. The van der Waals surface area contributed by atoms with E-state index in [9.17, 15) is 8.42 Å². The van der Waals surface area contributed by atoms with E-state index in [1.165, 1.54) is 7.11 Å². The SMILES string of the molecule is CC[C@H](C)c1ccc(S(=O)(=O)Nc2ccccc2OC)cc1. The Morgan fingerprint density at radius 3 is 2.32 bits per heavy atom. The molecular weight excluding hydrogens is 298 g/mol. The Bertz CT molecular complexity index is 724. The van der Waals surface area contributed by atoms with E-state index in [2.05, 4.69) is 18.6 Å². The molecule has 0 saturated carbocycles. The minimum atomic E-state index is -3.63. The maximum absolute atomic E-state index is 12.5. The molecule has 0 heterocycles. The highest BCUT2D eigenvalue weighted by atomic mass is 32.2. The van der Waals surface area contributed by atoms with Gasteiger partial charge in [-0.15, -0.1) is 0 Å². The van der Waals surface area contributed by atoms with Gasteiger partial charge in [0.1, 0.15) is 5.75 Å². The Hall–Kier alpha value is -2.01. The third-order valence-corrected chi connectivity index (χ3v) is 5.10. The summed E-state index contributed by atoms with van der Waals surface area (Å²) < 4.78 is 32.6. The van der Waals surface area contributed by atoms with E-state index in [0.717, 1.165) is 12.0 Å². The molecule has 0 radical (unpaired) electrons. The van der Waals surface area contributed by atoms with Crippen LogP contribution in [0.4, 0.5) is 5.69 Å². The molecule has 4 nitrogen and oxygen atoms in total. The smallest absolute Gasteiger partial charge is 0.262 e. The van der Waals surface area contributed by atoms with Gasteiger partial charge in [-0.2, -0.15) is 0 Å². The molecule has 0 aliphatic rings. The third kappa shape index (κ3) is 3.60. The van der Waals surface area contributed by atoms with E-state index in [4.69, 9.17) is 4.74 Å². The fourth-order valence-electron chi connectivity index (χ4n) is 2.14. The Kier molecular flexibility index (Phi) is 5.08. The number of nitrogens with one attached hydrogen (secondary N) is 1. The lowest BCUT2D eigenvalue weighted by Crippen LogP contribution is -2.13. The number of ether oxygens (including phenoxy) is 1. The monoisotopic (exact) mass is 319 g/mol. The lowest BCUT2D eigenvalue weighted by Gasteiger charge is -2.13. The third-order valence-electron chi connectivity index (χ3n) is 3.72. The molecule has 1 N–H and O–H groups in total. The van der Waals surface area contributed by atoms with E-state index in [0.29, 0.717) is 17.4 Å². The lowest BCUT2D eigenvalue weighted by molar-refractivity contribution is 0.417. The number of methoxy groups -OCH3 is 1. The second-order valence-corrected chi connectivity index (χ2v) is 6.87. The van der Waals surface area contributed by atoms with Crippen molar-refractivity contribution in [3.05, 3.63) is 54.1 Å². The number of sulfonamides is 1. The quantitative estimate of drug-likeness (QED) is 0.875. The van der Waals surface area contributed by atoms with Gasteiger partial charge in [-0.25, -0.2) is 8.42 Å². The van der Waals surface area contributed by atoms with Crippen LogP contribution in [0.1, 0.15) is 31.7 Å². The molecule has 118 valence electrons. The molecule has 0 fully saturated rings. The molecule has 2 aromatic rings. The first-order valence-electron chi connectivity index (χ1n) is 7.23. The average molecular weight is 319 g/mol. The van der Waals surface area contributed by atoms with Crippen molar-refractivity contribution in [2.75, 3.05) is 11.8 Å². The van der Waals surface area contributed by atoms with Crippen LogP contribution in [0.2, 0.25) is 0 Å². The van der Waals surface area contributed by atoms with Crippen molar-refractivity contribution in [3.63, 3.8) is 0 Å². The summed E-state index contributed by atoms with van der Waals surface area (Å²) in [6, 6.07) is 13.9. The molecule has 0 bridgehead atoms. The minimum absolute atomic E-state index is 0.241. The molecule has 0 spiro atoms. The molecule has 0 aliphatic carbocycles. The van der Waals surface area contributed by atoms with Crippen LogP contribution >= 0.6 is 0 Å². The highest BCUT2D eigenvalue weighted by molar-refractivity contribution is 7.92. The molecule has 0 unspecified atom stereocenters. The van der Waals surface area contributed by atoms with Crippen molar-refractivity contribution in [3.8, 4) is 5.75 Å². The van der Waals surface area contributed by atoms with E-state index < -0.39 is 10.0 Å². The molecule has 5 heteroatoms. The first-order chi connectivity index (χ1) is 10.5. The van der Waals surface area contributed by atoms with E-state index in [1.807, 2.05) is 12.1 Å². The average Bonchev–Trinajstić information content (AvgIpc) is 2.54. The zero-order valence-corrected chi connectivity index (χ0v) is 13.9. The summed E-state index contributed by atoms with van der Waals surface area (Å²) in [4.78, 5) is 0.241. The highest BCUT2D eigenvalue weighted by Gasteiger charge is 2.16. The van der Waals surface area contributed by atoms with Gasteiger partial charge in [-0.1, -0.05) is 38.1 Å². The topological polar surface area (TPSA) is 55.4 Å². The molecule has 0 aromatic heterocycles. The van der Waals surface area contributed by atoms with Gasteiger partial charge >= 0.3 is 0 Å². The first kappa shape index (κ1) is 16.4. The summed E-state index contributed by atoms with van der Waals surface area (Å²) >= 11 is 0. The van der Waals surface area contributed by atoms with Gasteiger partial charge in [-0.3, -0.25) is 4.72 Å². The van der Waals surface area contributed by atoms with Crippen LogP contribution in [0.3, 0.4) is 0 Å². The Labute approximate surface area is 132 Å². The summed E-state index contributed by atoms with van der Waals surface area (Å²) in [5.41, 5.74) is 1.56. The standard InChI is InChI=1S/C17H21NO3S/c1-4-13(2)14-9-11-15(12-10-14)22(19,20)18-16-7-5-6-8-17(16)21-3/h5-13,18H,4H2,1-3H3/t13-/m0/s1. The molecule has 1 atom stereocenters. The van der Waals surface area contributed by atoms with Crippen LogP contribution in [0, 0.1) is 0 Å². The molecule has 2 rings (SSSR count). The number of para-hydroxylation sites is 2. The Morgan fingerprint density at radius 2 is 1.73 bits per heavy atom. The van der Waals surface area contributed by atoms with Crippen LogP contribution in [0.25, 0.3) is 0 Å². The fourth-order valence-corrected chi connectivity index (χ4v) is 3.21. The predicted octanol–water partition coefficient (Wildman–Crippen LogP) is 4.01. The normalized spacial score (nSPS) is 12.7. The second kappa shape index (κ2) is 6.83. The molecule has 2 aromatic carbocycles. The van der Waals surface area contributed by atoms with E-state index >= 15 is 0 Å². The van der Waals surface area contributed by atoms with Gasteiger partial charge in [0, 0.05) is 0 Å². The van der Waals surface area contributed by atoms with Crippen LogP contribution in [-0.2, 0) is 10.0 Å². The van der Waals surface area contributed by atoms with Gasteiger partial charge in [0.2, 0.25) is 0 Å². The van der Waals surface area contributed by atoms with Crippen LogP contribution in [-0.4, -0.2) is 15.5 Å². The van der Waals surface area contributed by atoms with Crippen LogP contribution in [0.15, 0.2) is 53.4 Å². The van der Waals surface area contributed by atoms with Gasteiger partial charge in [0.15, 0.2) is 0 Å². The van der Waals surface area contributed by atoms with Gasteiger partial charge in [0.25, 0.3) is 10.0 Å². The summed E-state index contributed by atoms with van der Waals surface area (Å²) in [6.45, 7) is 4.23. The lowest BCUT2D eigenvalue weighted by atomic mass is 9.99. The molecule has 0 amide bonds. The van der Waals surface area contributed by atoms with Crippen molar-refractivity contribution in [1.82, 2.24) is 0 Å².